The van der Waals surface area contributed by atoms with Gasteiger partial charge in [0, 0.05) is 16.5 Å². The van der Waals surface area contributed by atoms with Crippen LogP contribution in [0.4, 0.5) is 5.69 Å². The number of amides is 2. The van der Waals surface area contributed by atoms with Crippen molar-refractivity contribution in [3.05, 3.63) is 34.3 Å². The van der Waals surface area contributed by atoms with Crippen LogP contribution >= 0.6 is 23.4 Å². The fourth-order valence-electron chi connectivity index (χ4n) is 2.38. The van der Waals surface area contributed by atoms with Gasteiger partial charge in [-0.1, -0.05) is 44.1 Å². The van der Waals surface area contributed by atoms with E-state index < -0.39 is 17.4 Å². The van der Waals surface area contributed by atoms with Crippen molar-refractivity contribution in [3.8, 4) is 5.75 Å². The lowest BCUT2D eigenvalue weighted by Gasteiger charge is -2.25. The lowest BCUT2D eigenvalue weighted by atomic mass is 9.91. The number of allylic oxidation sites excluding steroid dienone is 1. The molecule has 146 valence electrons. The van der Waals surface area contributed by atoms with Crippen molar-refractivity contribution in [2.45, 2.75) is 33.7 Å². The minimum absolute atomic E-state index is 0.103. The van der Waals surface area contributed by atoms with Gasteiger partial charge in [-0.05, 0) is 25.1 Å². The van der Waals surface area contributed by atoms with Gasteiger partial charge in [0.2, 0.25) is 11.8 Å². The molecule has 0 bridgehead atoms. The highest BCUT2D eigenvalue weighted by atomic mass is 35.5. The zero-order valence-corrected chi connectivity index (χ0v) is 17.5. The van der Waals surface area contributed by atoms with Gasteiger partial charge in [0.15, 0.2) is 5.78 Å². The maximum Gasteiger partial charge on any atom is 0.247 e. The molecule has 1 atom stereocenters. The summed E-state index contributed by atoms with van der Waals surface area (Å²) in [6.07, 6.45) is 1.44. The molecule has 0 aromatic heterocycles. The average Bonchev–Trinajstić information content (AvgIpc) is 2.93. The molecule has 0 saturated carbocycles. The summed E-state index contributed by atoms with van der Waals surface area (Å²) in [5.74, 6) is -0.0646. The van der Waals surface area contributed by atoms with Crippen LogP contribution in [0.25, 0.3) is 0 Å². The Labute approximate surface area is 168 Å². The fourth-order valence-corrected chi connectivity index (χ4v) is 3.55. The third-order valence-corrected chi connectivity index (χ3v) is 5.27. The van der Waals surface area contributed by atoms with E-state index in [-0.39, 0.29) is 17.4 Å². The number of nitrogens with one attached hydrogen (secondary N) is 1. The van der Waals surface area contributed by atoms with Crippen LogP contribution in [0.5, 0.6) is 5.75 Å². The lowest BCUT2D eigenvalue weighted by molar-refractivity contribution is -0.132. The van der Waals surface area contributed by atoms with Crippen LogP contribution in [-0.4, -0.2) is 41.4 Å². The number of halogens is 1. The summed E-state index contributed by atoms with van der Waals surface area (Å²) >= 11 is 7.24. The number of anilines is 1. The van der Waals surface area contributed by atoms with Gasteiger partial charge >= 0.3 is 0 Å². The number of ether oxygens (including phenoxy) is 1. The Morgan fingerprint density at radius 3 is 2.63 bits per heavy atom. The first-order chi connectivity index (χ1) is 12.5. The van der Waals surface area contributed by atoms with Crippen molar-refractivity contribution in [2.24, 2.45) is 5.41 Å². The Morgan fingerprint density at radius 1 is 1.37 bits per heavy atom. The van der Waals surface area contributed by atoms with Gasteiger partial charge in [0.05, 0.1) is 23.6 Å². The molecule has 1 heterocycles. The van der Waals surface area contributed by atoms with Gasteiger partial charge in [-0.25, -0.2) is 0 Å². The van der Waals surface area contributed by atoms with E-state index in [4.69, 9.17) is 16.3 Å². The molecule has 1 saturated heterocycles. The molecule has 2 rings (SSSR count). The van der Waals surface area contributed by atoms with E-state index in [1.807, 2.05) is 0 Å². The summed E-state index contributed by atoms with van der Waals surface area (Å²) in [7, 11) is 1.49. The van der Waals surface area contributed by atoms with Gasteiger partial charge in [0.25, 0.3) is 0 Å². The van der Waals surface area contributed by atoms with Gasteiger partial charge in [-0.2, -0.15) is 0 Å². The number of hydrogen-bond donors (Lipinski definition) is 1. The molecule has 1 N–H and O–H groups in total. The largest absolute Gasteiger partial charge is 0.495 e. The summed E-state index contributed by atoms with van der Waals surface area (Å²) in [5.41, 5.74) is -0.151. The number of nitrogens with zero attached hydrogens (tertiary/aromatic N) is 1. The number of thioether (sulfide) groups is 1. The summed E-state index contributed by atoms with van der Waals surface area (Å²) in [4.78, 5) is 38.7. The van der Waals surface area contributed by atoms with Crippen molar-refractivity contribution >= 4 is 46.6 Å². The zero-order valence-electron chi connectivity index (χ0n) is 16.0. The van der Waals surface area contributed by atoms with Crippen LogP contribution in [0.1, 0.15) is 27.7 Å². The quantitative estimate of drug-likeness (QED) is 0.749. The summed E-state index contributed by atoms with van der Waals surface area (Å²) in [6.45, 7) is 7.03. The van der Waals surface area contributed by atoms with Crippen molar-refractivity contribution < 1.29 is 19.1 Å². The lowest BCUT2D eigenvalue weighted by Crippen LogP contribution is -2.42. The topological polar surface area (TPSA) is 75.7 Å². The SMILES string of the molecule is COc1ccc(Cl)cc1NC(=O)[C@H](C)N1C(=O)CS/C1=C\C(=O)C(C)(C)C. The van der Waals surface area contributed by atoms with Crippen LogP contribution in [0.15, 0.2) is 29.3 Å². The molecule has 0 aliphatic carbocycles. The number of methoxy groups -OCH3 is 1. The van der Waals surface area contributed by atoms with E-state index in [0.717, 1.165) is 0 Å². The number of benzene rings is 1. The maximum atomic E-state index is 12.7. The summed E-state index contributed by atoms with van der Waals surface area (Å²) in [6, 6.07) is 4.08. The van der Waals surface area contributed by atoms with Gasteiger partial charge < -0.3 is 10.1 Å². The fraction of sp³-hybridized carbons (Fsp3) is 0.421. The van der Waals surface area contributed by atoms with Crippen molar-refractivity contribution in [1.82, 2.24) is 4.90 Å². The predicted molar refractivity (Wildman–Crippen MR) is 108 cm³/mol. The second kappa shape index (κ2) is 8.35. The molecule has 27 heavy (non-hydrogen) atoms. The van der Waals surface area contributed by atoms with E-state index >= 15 is 0 Å². The Balaban J connectivity index is 2.24. The molecule has 1 fully saturated rings. The second-order valence-electron chi connectivity index (χ2n) is 7.16. The number of rotatable bonds is 5. The van der Waals surface area contributed by atoms with Gasteiger partial charge in [-0.3, -0.25) is 19.3 Å². The van der Waals surface area contributed by atoms with E-state index in [2.05, 4.69) is 5.32 Å². The number of carbonyl (C=O) groups is 3. The van der Waals surface area contributed by atoms with Crippen LogP contribution < -0.4 is 10.1 Å². The minimum Gasteiger partial charge on any atom is -0.495 e. The first-order valence-electron chi connectivity index (χ1n) is 8.40. The van der Waals surface area contributed by atoms with E-state index in [1.165, 1.54) is 29.8 Å². The van der Waals surface area contributed by atoms with Crippen molar-refractivity contribution in [2.75, 3.05) is 18.2 Å². The van der Waals surface area contributed by atoms with Crippen LogP contribution in [0.3, 0.4) is 0 Å². The van der Waals surface area contributed by atoms with Gasteiger partial charge in [-0.15, -0.1) is 0 Å². The number of hydrogen-bond acceptors (Lipinski definition) is 5. The third kappa shape index (κ3) is 5.05. The molecule has 1 aliphatic heterocycles. The monoisotopic (exact) mass is 410 g/mol. The van der Waals surface area contributed by atoms with Crippen molar-refractivity contribution in [3.63, 3.8) is 0 Å². The smallest absolute Gasteiger partial charge is 0.247 e. The molecule has 0 radical (unpaired) electrons. The summed E-state index contributed by atoms with van der Waals surface area (Å²) in [5, 5.41) is 3.67. The number of ketones is 1. The highest BCUT2D eigenvalue weighted by Crippen LogP contribution is 2.33. The standard InChI is InChI=1S/C19H23ClN2O4S/c1-11(18(25)21-13-8-12(20)6-7-14(13)26-5)22-16(24)10-27-17(22)9-15(23)19(2,3)4/h6-9,11H,10H2,1-5H3,(H,21,25)/b17-9-/t11-/m0/s1. The normalized spacial score (nSPS) is 17.2. The van der Waals surface area contributed by atoms with Crippen LogP contribution in [0.2, 0.25) is 5.02 Å². The van der Waals surface area contributed by atoms with Crippen LogP contribution in [-0.2, 0) is 14.4 Å². The average molecular weight is 411 g/mol. The molecule has 0 spiro atoms. The zero-order chi connectivity index (χ0) is 20.4. The molecule has 6 nitrogen and oxygen atoms in total. The van der Waals surface area contributed by atoms with E-state index in [9.17, 15) is 14.4 Å². The first kappa shape index (κ1) is 21.3. The first-order valence-corrected chi connectivity index (χ1v) is 9.76. The van der Waals surface area contributed by atoms with E-state index in [0.29, 0.717) is 21.5 Å². The van der Waals surface area contributed by atoms with Gasteiger partial charge in [0.1, 0.15) is 11.8 Å². The predicted octanol–water partition coefficient (Wildman–Crippen LogP) is 3.71. The Kier molecular flexibility index (Phi) is 6.59. The Bertz CT molecular complexity index is 801. The Hall–Kier alpha value is -1.99. The van der Waals surface area contributed by atoms with E-state index in [1.54, 1.807) is 45.9 Å². The second-order valence-corrected chi connectivity index (χ2v) is 8.59. The molecule has 8 heteroatoms. The third-order valence-electron chi connectivity index (χ3n) is 4.03. The molecule has 2 amide bonds. The minimum atomic E-state index is -0.796. The molecule has 1 aromatic carbocycles. The van der Waals surface area contributed by atoms with Crippen molar-refractivity contribution in [1.29, 1.82) is 0 Å². The Morgan fingerprint density at radius 2 is 2.04 bits per heavy atom. The maximum absolute atomic E-state index is 12.7. The molecular weight excluding hydrogens is 388 g/mol. The number of carbonyl (C=O) groups excluding carboxylic acids is 3. The highest BCUT2D eigenvalue weighted by molar-refractivity contribution is 8.04. The molecule has 1 aliphatic rings. The summed E-state index contributed by atoms with van der Waals surface area (Å²) < 4.78 is 5.22. The van der Waals surface area contributed by atoms with Crippen LogP contribution in [0, 0.1) is 5.41 Å². The molecule has 0 unspecified atom stereocenters. The highest BCUT2D eigenvalue weighted by Gasteiger charge is 2.35. The molecular formula is C19H23ClN2O4S. The molecule has 1 aromatic rings.